The van der Waals surface area contributed by atoms with Gasteiger partial charge in [0.05, 0.1) is 15.9 Å². The van der Waals surface area contributed by atoms with E-state index in [-0.39, 0.29) is 22.9 Å². The van der Waals surface area contributed by atoms with Crippen molar-refractivity contribution in [2.45, 2.75) is 24.2 Å². The highest BCUT2D eigenvalue weighted by Gasteiger charge is 2.25. The van der Waals surface area contributed by atoms with E-state index in [9.17, 15) is 23.3 Å². The Morgan fingerprint density at radius 3 is 2.45 bits per heavy atom. The second-order valence-corrected chi connectivity index (χ2v) is 8.52. The van der Waals surface area contributed by atoms with Gasteiger partial charge in [-0.3, -0.25) is 14.9 Å². The van der Waals surface area contributed by atoms with Crippen LogP contribution >= 0.6 is 0 Å². The Bertz CT molecular complexity index is 985. The van der Waals surface area contributed by atoms with E-state index >= 15 is 0 Å². The van der Waals surface area contributed by atoms with Gasteiger partial charge in [-0.1, -0.05) is 12.5 Å². The van der Waals surface area contributed by atoms with Crippen LogP contribution in [0.3, 0.4) is 0 Å². The van der Waals surface area contributed by atoms with Gasteiger partial charge in [0, 0.05) is 24.8 Å². The number of nitro groups is 1. The predicted octanol–water partition coefficient (Wildman–Crippen LogP) is 2.79. The number of sulfonamides is 1. The number of rotatable bonds is 7. The van der Waals surface area contributed by atoms with Gasteiger partial charge in [-0.05, 0) is 43.2 Å². The van der Waals surface area contributed by atoms with E-state index < -0.39 is 20.9 Å². The molecule has 0 aliphatic carbocycles. The number of anilines is 1. The Hall–Kier alpha value is -2.98. The average Bonchev–Trinajstić information content (AvgIpc) is 2.73. The van der Waals surface area contributed by atoms with Crippen molar-refractivity contribution in [3.8, 4) is 5.75 Å². The van der Waals surface area contributed by atoms with Crippen molar-refractivity contribution in [1.82, 2.24) is 4.31 Å². The summed E-state index contributed by atoms with van der Waals surface area (Å²) in [5, 5.41) is 13.4. The van der Waals surface area contributed by atoms with Gasteiger partial charge in [0.25, 0.3) is 11.6 Å². The minimum absolute atomic E-state index is 0.131. The summed E-state index contributed by atoms with van der Waals surface area (Å²) in [5.74, 6) is -0.263. The lowest BCUT2D eigenvalue weighted by atomic mass is 10.2. The van der Waals surface area contributed by atoms with Crippen molar-refractivity contribution >= 4 is 27.3 Å². The first kappa shape index (κ1) is 20.7. The molecule has 0 spiro atoms. The van der Waals surface area contributed by atoms with E-state index in [1.807, 2.05) is 0 Å². The molecule has 1 aliphatic rings. The number of amides is 1. The van der Waals surface area contributed by atoms with Crippen molar-refractivity contribution in [3.05, 3.63) is 58.6 Å². The van der Waals surface area contributed by atoms with Gasteiger partial charge in [0.2, 0.25) is 10.0 Å². The summed E-state index contributed by atoms with van der Waals surface area (Å²) in [5.41, 5.74) is 0.295. The van der Waals surface area contributed by atoms with Crippen LogP contribution in [0.15, 0.2) is 53.4 Å². The largest absolute Gasteiger partial charge is 0.484 e. The Balaban J connectivity index is 1.57. The fourth-order valence-corrected chi connectivity index (χ4v) is 4.51. The molecule has 2 aromatic rings. The highest BCUT2D eigenvalue weighted by molar-refractivity contribution is 7.89. The molecule has 0 bridgehead atoms. The number of nitrogens with one attached hydrogen (secondary N) is 1. The van der Waals surface area contributed by atoms with Gasteiger partial charge < -0.3 is 10.1 Å². The minimum Gasteiger partial charge on any atom is -0.484 e. The molecule has 0 aromatic heterocycles. The van der Waals surface area contributed by atoms with Gasteiger partial charge >= 0.3 is 0 Å². The van der Waals surface area contributed by atoms with Crippen molar-refractivity contribution in [2.75, 3.05) is 25.0 Å². The van der Waals surface area contributed by atoms with Crippen LogP contribution in [0.25, 0.3) is 0 Å². The number of carbonyl (C=O) groups is 1. The van der Waals surface area contributed by atoms with E-state index in [2.05, 4.69) is 5.32 Å². The zero-order valence-electron chi connectivity index (χ0n) is 15.6. The van der Waals surface area contributed by atoms with Gasteiger partial charge in [-0.15, -0.1) is 0 Å². The van der Waals surface area contributed by atoms with Gasteiger partial charge in [0.1, 0.15) is 5.75 Å². The lowest BCUT2D eigenvalue weighted by molar-refractivity contribution is -0.384. The number of piperidine rings is 1. The van der Waals surface area contributed by atoms with E-state index in [1.54, 1.807) is 0 Å². The quantitative estimate of drug-likeness (QED) is 0.544. The fourth-order valence-electron chi connectivity index (χ4n) is 3.00. The molecule has 1 saturated heterocycles. The van der Waals surface area contributed by atoms with Crippen molar-refractivity contribution in [2.24, 2.45) is 0 Å². The minimum atomic E-state index is -3.52. The van der Waals surface area contributed by atoms with Gasteiger partial charge in [0.15, 0.2) is 6.61 Å². The van der Waals surface area contributed by atoms with Crippen molar-refractivity contribution in [3.63, 3.8) is 0 Å². The van der Waals surface area contributed by atoms with E-state index in [4.69, 9.17) is 4.74 Å². The lowest BCUT2D eigenvalue weighted by Gasteiger charge is -2.25. The smallest absolute Gasteiger partial charge is 0.273 e. The Kier molecular flexibility index (Phi) is 6.45. The number of carbonyl (C=O) groups excluding carboxylic acids is 1. The van der Waals surface area contributed by atoms with Gasteiger partial charge in [-0.25, -0.2) is 8.42 Å². The third-order valence-corrected chi connectivity index (χ3v) is 6.40. The van der Waals surface area contributed by atoms with Crippen molar-refractivity contribution < 1.29 is 22.9 Å². The number of benzene rings is 2. The van der Waals surface area contributed by atoms with Crippen LogP contribution in [0.4, 0.5) is 11.4 Å². The second kappa shape index (κ2) is 9.01. The maximum Gasteiger partial charge on any atom is 0.273 e. The molecule has 0 saturated carbocycles. The Labute approximate surface area is 168 Å². The zero-order chi connectivity index (χ0) is 20.9. The molecule has 2 aromatic carbocycles. The standard InChI is InChI=1S/C19H21N3O6S/c23-19(14-28-17-6-4-5-16(13-17)22(24)25)20-15-7-9-18(10-8-15)29(26,27)21-11-2-1-3-12-21/h4-10,13H,1-3,11-12,14H2,(H,20,23). The van der Waals surface area contributed by atoms with Crippen molar-refractivity contribution in [1.29, 1.82) is 0 Å². The summed E-state index contributed by atoms with van der Waals surface area (Å²) in [7, 11) is -3.52. The molecule has 0 radical (unpaired) electrons. The Morgan fingerprint density at radius 1 is 1.10 bits per heavy atom. The highest BCUT2D eigenvalue weighted by atomic mass is 32.2. The Morgan fingerprint density at radius 2 is 1.79 bits per heavy atom. The fraction of sp³-hybridized carbons (Fsp3) is 0.316. The number of non-ortho nitro benzene ring substituents is 1. The molecule has 29 heavy (non-hydrogen) atoms. The number of nitrogens with zero attached hydrogens (tertiary/aromatic N) is 2. The SMILES string of the molecule is O=C(COc1cccc([N+](=O)[O-])c1)Nc1ccc(S(=O)(=O)N2CCCCC2)cc1. The van der Waals surface area contributed by atoms with E-state index in [0.717, 1.165) is 19.3 Å². The molecular formula is C19H21N3O6S. The number of hydrogen-bond acceptors (Lipinski definition) is 6. The third kappa shape index (κ3) is 5.30. The molecule has 1 N–H and O–H groups in total. The molecule has 9 nitrogen and oxygen atoms in total. The van der Waals surface area contributed by atoms with Gasteiger partial charge in [-0.2, -0.15) is 4.31 Å². The van der Waals surface area contributed by atoms with Crippen LogP contribution in [0.2, 0.25) is 0 Å². The molecule has 154 valence electrons. The summed E-state index contributed by atoms with van der Waals surface area (Å²) < 4.78 is 32.0. The molecule has 3 rings (SSSR count). The topological polar surface area (TPSA) is 119 Å². The normalized spacial score (nSPS) is 14.9. The molecular weight excluding hydrogens is 398 g/mol. The second-order valence-electron chi connectivity index (χ2n) is 6.58. The van der Waals surface area contributed by atoms with Crippen LogP contribution in [0.1, 0.15) is 19.3 Å². The number of nitro benzene ring substituents is 1. The van der Waals surface area contributed by atoms with Crippen LogP contribution in [-0.4, -0.2) is 43.2 Å². The monoisotopic (exact) mass is 419 g/mol. The zero-order valence-corrected chi connectivity index (χ0v) is 16.4. The number of hydrogen-bond donors (Lipinski definition) is 1. The first-order chi connectivity index (χ1) is 13.9. The van der Waals surface area contributed by atoms with Crippen LogP contribution in [-0.2, 0) is 14.8 Å². The van der Waals surface area contributed by atoms with Crippen LogP contribution in [0, 0.1) is 10.1 Å². The maximum absolute atomic E-state index is 12.6. The summed E-state index contributed by atoms with van der Waals surface area (Å²) in [6.07, 6.45) is 2.76. The molecule has 1 amide bonds. The summed E-state index contributed by atoms with van der Waals surface area (Å²) in [6, 6.07) is 11.5. The van der Waals surface area contributed by atoms with Crippen LogP contribution in [0.5, 0.6) is 5.75 Å². The average molecular weight is 419 g/mol. The molecule has 0 unspecified atom stereocenters. The molecule has 1 aliphatic heterocycles. The molecule has 0 atom stereocenters. The molecule has 10 heteroatoms. The summed E-state index contributed by atoms with van der Waals surface area (Å²) in [6.45, 7) is 0.709. The molecule has 1 fully saturated rings. The lowest BCUT2D eigenvalue weighted by Crippen LogP contribution is -2.35. The number of ether oxygens (including phenoxy) is 1. The van der Waals surface area contributed by atoms with Crippen LogP contribution < -0.4 is 10.1 Å². The first-order valence-corrected chi connectivity index (χ1v) is 10.6. The molecule has 1 heterocycles. The third-order valence-electron chi connectivity index (χ3n) is 4.49. The van der Waals surface area contributed by atoms with E-state index in [0.29, 0.717) is 18.8 Å². The summed E-state index contributed by atoms with van der Waals surface area (Å²) >= 11 is 0. The maximum atomic E-state index is 12.6. The predicted molar refractivity (Wildman–Crippen MR) is 106 cm³/mol. The first-order valence-electron chi connectivity index (χ1n) is 9.13. The van der Waals surface area contributed by atoms with E-state index in [1.165, 1.54) is 52.8 Å². The summed E-state index contributed by atoms with van der Waals surface area (Å²) in [4.78, 5) is 22.4. The highest BCUT2D eigenvalue weighted by Crippen LogP contribution is 2.22.